The minimum atomic E-state index is -0.492. The molecule has 1 amide bonds. The first-order valence-corrected chi connectivity index (χ1v) is 6.52. The minimum absolute atomic E-state index is 0.102. The van der Waals surface area contributed by atoms with Crippen molar-refractivity contribution in [3.8, 4) is 0 Å². The Morgan fingerprint density at radius 3 is 2.90 bits per heavy atom. The molecule has 7 nitrogen and oxygen atoms in total. The van der Waals surface area contributed by atoms with E-state index in [9.17, 15) is 4.79 Å². The molecule has 0 saturated carbocycles. The summed E-state index contributed by atoms with van der Waals surface area (Å²) in [5.41, 5.74) is 13.5. The fraction of sp³-hybridized carbons (Fsp3) is 0.214. The summed E-state index contributed by atoms with van der Waals surface area (Å²) in [6, 6.07) is 7.79. The van der Waals surface area contributed by atoms with Crippen LogP contribution in [0.5, 0.6) is 0 Å². The molecule has 1 aromatic carbocycles. The number of anilines is 1. The van der Waals surface area contributed by atoms with E-state index < -0.39 is 5.91 Å². The van der Waals surface area contributed by atoms with Crippen LogP contribution < -0.4 is 11.5 Å². The van der Waals surface area contributed by atoms with Crippen LogP contribution >= 0.6 is 0 Å². The van der Waals surface area contributed by atoms with Crippen molar-refractivity contribution in [2.24, 2.45) is 5.73 Å². The lowest BCUT2D eigenvalue weighted by Gasteiger charge is -2.08. The Hall–Kier alpha value is -2.67. The normalized spacial score (nSPS) is 11.2. The lowest BCUT2D eigenvalue weighted by Crippen LogP contribution is -2.20. The first-order valence-electron chi connectivity index (χ1n) is 6.52. The van der Waals surface area contributed by atoms with Crippen LogP contribution in [0.1, 0.15) is 0 Å². The molecule has 108 valence electrons. The number of amides is 1. The quantitative estimate of drug-likeness (QED) is 0.669. The van der Waals surface area contributed by atoms with E-state index in [0.29, 0.717) is 19.1 Å². The molecule has 0 aliphatic carbocycles. The predicted molar refractivity (Wildman–Crippen MR) is 79.5 cm³/mol. The van der Waals surface area contributed by atoms with Crippen LogP contribution in [0.2, 0.25) is 0 Å². The number of hydrogen-bond donors (Lipinski definition) is 2. The van der Waals surface area contributed by atoms with E-state index >= 15 is 0 Å². The molecule has 2 aromatic heterocycles. The van der Waals surface area contributed by atoms with Crippen molar-refractivity contribution < 1.29 is 9.53 Å². The van der Waals surface area contributed by atoms with Crippen LogP contribution in [-0.2, 0) is 16.1 Å². The molecule has 0 fully saturated rings. The van der Waals surface area contributed by atoms with Gasteiger partial charge in [-0.15, -0.1) is 0 Å². The number of carbonyl (C=O) groups excluding carboxylic acids is 1. The molecular formula is C14H15N5O2. The summed E-state index contributed by atoms with van der Waals surface area (Å²) in [4.78, 5) is 19.3. The van der Waals surface area contributed by atoms with Gasteiger partial charge in [0.05, 0.1) is 23.8 Å². The summed E-state index contributed by atoms with van der Waals surface area (Å²) in [5, 5.41) is 0.981. The summed E-state index contributed by atoms with van der Waals surface area (Å²) >= 11 is 0. The third-order valence-electron chi connectivity index (χ3n) is 3.21. The Morgan fingerprint density at radius 1 is 1.29 bits per heavy atom. The van der Waals surface area contributed by atoms with Crippen molar-refractivity contribution in [3.05, 3.63) is 30.5 Å². The highest BCUT2D eigenvalue weighted by Gasteiger charge is 2.12. The number of para-hydroxylation sites is 1. The first kappa shape index (κ1) is 13.3. The predicted octanol–water partition coefficient (Wildman–Crippen LogP) is 0.669. The topological polar surface area (TPSA) is 109 Å². The number of fused-ring (bicyclic) bond motifs is 3. The molecule has 0 aliphatic heterocycles. The maximum Gasteiger partial charge on any atom is 0.243 e. The number of ether oxygens (including phenoxy) is 1. The van der Waals surface area contributed by atoms with E-state index in [1.54, 1.807) is 6.20 Å². The van der Waals surface area contributed by atoms with Crippen molar-refractivity contribution in [1.82, 2.24) is 14.5 Å². The Morgan fingerprint density at radius 2 is 2.10 bits per heavy atom. The van der Waals surface area contributed by atoms with Gasteiger partial charge in [-0.3, -0.25) is 9.78 Å². The standard InChI is InChI=1S/C14H15N5O2/c15-12(20)8-21-6-5-19-13-9-3-1-2-4-10(9)17-7-11(13)18-14(19)16/h1-4,7H,5-6,8H2,(H2,15,20)(H2,16,18). The van der Waals surface area contributed by atoms with Gasteiger partial charge in [0.25, 0.3) is 0 Å². The molecule has 21 heavy (non-hydrogen) atoms. The van der Waals surface area contributed by atoms with Gasteiger partial charge in [-0.1, -0.05) is 18.2 Å². The maximum absolute atomic E-state index is 10.7. The van der Waals surface area contributed by atoms with Gasteiger partial charge in [-0.05, 0) is 6.07 Å². The second kappa shape index (κ2) is 5.37. The Bertz CT molecular complexity index is 812. The van der Waals surface area contributed by atoms with Crippen LogP contribution in [0.4, 0.5) is 5.95 Å². The van der Waals surface area contributed by atoms with Gasteiger partial charge in [0.15, 0.2) is 0 Å². The highest BCUT2D eigenvalue weighted by Crippen LogP contribution is 2.25. The molecular weight excluding hydrogens is 270 g/mol. The van der Waals surface area contributed by atoms with Gasteiger partial charge < -0.3 is 20.8 Å². The lowest BCUT2D eigenvalue weighted by atomic mass is 10.2. The lowest BCUT2D eigenvalue weighted by molar-refractivity contribution is -0.122. The number of nitrogen functional groups attached to an aromatic ring is 1. The molecule has 0 aliphatic rings. The summed E-state index contributed by atoms with van der Waals surface area (Å²) < 4.78 is 7.05. The Labute approximate surface area is 120 Å². The molecule has 0 bridgehead atoms. The van der Waals surface area contributed by atoms with Crippen LogP contribution in [0.3, 0.4) is 0 Å². The molecule has 0 atom stereocenters. The van der Waals surface area contributed by atoms with Gasteiger partial charge in [0, 0.05) is 11.9 Å². The van der Waals surface area contributed by atoms with Gasteiger partial charge in [-0.25, -0.2) is 4.98 Å². The summed E-state index contributed by atoms with van der Waals surface area (Å²) in [6.45, 7) is 0.716. The number of primary amides is 1. The average molecular weight is 285 g/mol. The minimum Gasteiger partial charge on any atom is -0.370 e. The van der Waals surface area contributed by atoms with Crippen molar-refractivity contribution in [1.29, 1.82) is 0 Å². The second-order valence-corrected chi connectivity index (χ2v) is 4.65. The molecule has 7 heteroatoms. The summed E-state index contributed by atoms with van der Waals surface area (Å²) in [5.74, 6) is -0.0982. The second-order valence-electron chi connectivity index (χ2n) is 4.65. The molecule has 0 radical (unpaired) electrons. The Kier molecular flexibility index (Phi) is 3.41. The fourth-order valence-corrected chi connectivity index (χ4v) is 2.34. The largest absolute Gasteiger partial charge is 0.370 e. The highest BCUT2D eigenvalue weighted by atomic mass is 16.5. The van der Waals surface area contributed by atoms with Crippen LogP contribution in [0, 0.1) is 0 Å². The van der Waals surface area contributed by atoms with Crippen molar-refractivity contribution >= 4 is 33.8 Å². The molecule has 2 heterocycles. The maximum atomic E-state index is 10.7. The van der Waals surface area contributed by atoms with Gasteiger partial charge in [-0.2, -0.15) is 0 Å². The SMILES string of the molecule is NC(=O)COCCn1c(N)nc2cnc3ccccc3c21. The van der Waals surface area contributed by atoms with E-state index in [1.165, 1.54) is 0 Å². The molecule has 0 spiro atoms. The molecule has 0 unspecified atom stereocenters. The number of benzene rings is 1. The van der Waals surface area contributed by atoms with E-state index in [4.69, 9.17) is 16.2 Å². The van der Waals surface area contributed by atoms with Crippen LogP contribution in [-0.4, -0.2) is 33.7 Å². The zero-order chi connectivity index (χ0) is 14.8. The number of imidazole rings is 1. The number of rotatable bonds is 5. The number of pyridine rings is 1. The van der Waals surface area contributed by atoms with E-state index in [2.05, 4.69) is 9.97 Å². The molecule has 0 saturated heterocycles. The van der Waals surface area contributed by atoms with Crippen molar-refractivity contribution in [2.75, 3.05) is 18.9 Å². The summed E-state index contributed by atoms with van der Waals surface area (Å²) in [6.07, 6.45) is 1.70. The molecule has 3 aromatic rings. The van der Waals surface area contributed by atoms with Crippen molar-refractivity contribution in [2.45, 2.75) is 6.54 Å². The molecule has 3 rings (SSSR count). The van der Waals surface area contributed by atoms with Crippen LogP contribution in [0.15, 0.2) is 30.5 Å². The number of nitrogens with two attached hydrogens (primary N) is 2. The van der Waals surface area contributed by atoms with Crippen LogP contribution in [0.25, 0.3) is 21.9 Å². The number of carbonyl (C=O) groups is 1. The highest BCUT2D eigenvalue weighted by molar-refractivity contribution is 6.02. The number of nitrogens with zero attached hydrogens (tertiary/aromatic N) is 3. The molecule has 4 N–H and O–H groups in total. The van der Waals surface area contributed by atoms with E-state index in [-0.39, 0.29) is 6.61 Å². The third-order valence-corrected chi connectivity index (χ3v) is 3.21. The van der Waals surface area contributed by atoms with Gasteiger partial charge >= 0.3 is 0 Å². The average Bonchev–Trinajstić information content (AvgIpc) is 2.79. The number of hydrogen-bond acceptors (Lipinski definition) is 5. The summed E-state index contributed by atoms with van der Waals surface area (Å²) in [7, 11) is 0. The van der Waals surface area contributed by atoms with E-state index in [0.717, 1.165) is 21.9 Å². The fourth-order valence-electron chi connectivity index (χ4n) is 2.34. The third kappa shape index (κ3) is 2.50. The smallest absolute Gasteiger partial charge is 0.243 e. The Balaban J connectivity index is 1.99. The number of aromatic nitrogens is 3. The van der Waals surface area contributed by atoms with Gasteiger partial charge in [0.2, 0.25) is 11.9 Å². The zero-order valence-corrected chi connectivity index (χ0v) is 11.3. The van der Waals surface area contributed by atoms with Crippen molar-refractivity contribution in [3.63, 3.8) is 0 Å². The first-order chi connectivity index (χ1) is 10.2. The van der Waals surface area contributed by atoms with E-state index in [1.807, 2.05) is 28.8 Å². The monoisotopic (exact) mass is 285 g/mol. The van der Waals surface area contributed by atoms with Gasteiger partial charge in [0.1, 0.15) is 12.1 Å². The zero-order valence-electron chi connectivity index (χ0n) is 11.3.